The first-order valence-electron chi connectivity index (χ1n) is 5.84. The zero-order valence-corrected chi connectivity index (χ0v) is 10.7. The van der Waals surface area contributed by atoms with Gasteiger partial charge in [0.15, 0.2) is 0 Å². The number of carbonyl (C=O) groups is 1. The lowest BCUT2D eigenvalue weighted by atomic mass is 10.3. The van der Waals surface area contributed by atoms with Gasteiger partial charge >= 0.3 is 6.03 Å². The molecule has 3 N–H and O–H groups in total. The van der Waals surface area contributed by atoms with Gasteiger partial charge in [-0.2, -0.15) is 5.26 Å². The molecule has 1 aromatic rings. The third-order valence-corrected chi connectivity index (χ3v) is 2.51. The van der Waals surface area contributed by atoms with Crippen molar-refractivity contribution in [1.82, 2.24) is 4.90 Å². The number of nitrogen functional groups attached to an aromatic ring is 1. The van der Waals surface area contributed by atoms with Gasteiger partial charge < -0.3 is 16.0 Å². The van der Waals surface area contributed by atoms with Crippen LogP contribution < -0.4 is 11.1 Å². The first-order valence-corrected chi connectivity index (χ1v) is 5.84. The average molecular weight is 246 g/mol. The van der Waals surface area contributed by atoms with E-state index in [4.69, 9.17) is 11.0 Å². The molecule has 1 rings (SSSR count). The number of rotatable bonds is 4. The van der Waals surface area contributed by atoms with Gasteiger partial charge in [0.2, 0.25) is 0 Å². The van der Waals surface area contributed by atoms with Crippen LogP contribution in [-0.4, -0.2) is 23.5 Å². The largest absolute Gasteiger partial charge is 0.399 e. The van der Waals surface area contributed by atoms with E-state index in [1.54, 1.807) is 29.2 Å². The minimum absolute atomic E-state index is 0.0483. The van der Waals surface area contributed by atoms with E-state index in [0.717, 1.165) is 0 Å². The van der Waals surface area contributed by atoms with E-state index in [-0.39, 0.29) is 12.1 Å². The van der Waals surface area contributed by atoms with Gasteiger partial charge in [-0.05, 0) is 38.1 Å². The fourth-order valence-electron chi connectivity index (χ4n) is 1.53. The SMILES string of the molecule is CC(C)N(CCC#N)C(=O)Nc1ccc(N)cc1. The highest BCUT2D eigenvalue weighted by Crippen LogP contribution is 2.12. The van der Waals surface area contributed by atoms with Gasteiger partial charge in [-0.25, -0.2) is 4.79 Å². The molecule has 0 saturated carbocycles. The van der Waals surface area contributed by atoms with Crippen LogP contribution in [0.3, 0.4) is 0 Å². The van der Waals surface area contributed by atoms with Gasteiger partial charge in [0.05, 0.1) is 12.5 Å². The number of nitrogens with zero attached hydrogens (tertiary/aromatic N) is 2. The lowest BCUT2D eigenvalue weighted by molar-refractivity contribution is 0.198. The van der Waals surface area contributed by atoms with E-state index in [2.05, 4.69) is 5.32 Å². The quantitative estimate of drug-likeness (QED) is 0.800. The predicted octanol–water partition coefficient (Wildman–Crippen LogP) is 2.42. The highest BCUT2D eigenvalue weighted by molar-refractivity contribution is 5.89. The van der Waals surface area contributed by atoms with Crippen LogP contribution in [0.1, 0.15) is 20.3 Å². The molecule has 0 saturated heterocycles. The Hall–Kier alpha value is -2.22. The third kappa shape index (κ3) is 3.98. The molecular weight excluding hydrogens is 228 g/mol. The first kappa shape index (κ1) is 13.8. The highest BCUT2D eigenvalue weighted by atomic mass is 16.2. The molecule has 96 valence electrons. The lowest BCUT2D eigenvalue weighted by Gasteiger charge is -2.26. The number of amides is 2. The molecule has 0 aromatic heterocycles. The lowest BCUT2D eigenvalue weighted by Crippen LogP contribution is -2.40. The topological polar surface area (TPSA) is 82.2 Å². The molecule has 2 amide bonds. The van der Waals surface area contributed by atoms with E-state index in [0.29, 0.717) is 24.3 Å². The molecule has 0 aliphatic carbocycles. The smallest absolute Gasteiger partial charge is 0.322 e. The minimum Gasteiger partial charge on any atom is -0.399 e. The molecule has 5 heteroatoms. The van der Waals surface area contributed by atoms with Crippen molar-refractivity contribution < 1.29 is 4.79 Å². The number of anilines is 2. The van der Waals surface area contributed by atoms with Gasteiger partial charge in [-0.15, -0.1) is 0 Å². The zero-order chi connectivity index (χ0) is 13.5. The molecule has 0 bridgehead atoms. The molecule has 18 heavy (non-hydrogen) atoms. The fourth-order valence-corrected chi connectivity index (χ4v) is 1.53. The monoisotopic (exact) mass is 246 g/mol. The predicted molar refractivity (Wildman–Crippen MR) is 71.9 cm³/mol. The van der Waals surface area contributed by atoms with Crippen LogP contribution >= 0.6 is 0 Å². The number of urea groups is 1. The maximum absolute atomic E-state index is 12.0. The summed E-state index contributed by atoms with van der Waals surface area (Å²) >= 11 is 0. The second-order valence-corrected chi connectivity index (χ2v) is 4.25. The summed E-state index contributed by atoms with van der Waals surface area (Å²) in [7, 11) is 0. The first-order chi connectivity index (χ1) is 8.54. The van der Waals surface area contributed by atoms with E-state index < -0.39 is 0 Å². The molecule has 0 fully saturated rings. The summed E-state index contributed by atoms with van der Waals surface area (Å²) in [4.78, 5) is 13.6. The van der Waals surface area contributed by atoms with Crippen molar-refractivity contribution in [2.75, 3.05) is 17.6 Å². The Morgan fingerprint density at radius 2 is 2.06 bits per heavy atom. The Morgan fingerprint density at radius 1 is 1.44 bits per heavy atom. The Morgan fingerprint density at radius 3 is 2.56 bits per heavy atom. The number of carbonyl (C=O) groups excluding carboxylic acids is 1. The summed E-state index contributed by atoms with van der Waals surface area (Å²) in [5.41, 5.74) is 6.91. The van der Waals surface area contributed by atoms with Gasteiger partial charge in [0, 0.05) is 24.0 Å². The minimum atomic E-state index is -0.204. The van der Waals surface area contributed by atoms with Crippen LogP contribution in [0.15, 0.2) is 24.3 Å². The molecule has 0 unspecified atom stereocenters. The van der Waals surface area contributed by atoms with Crippen LogP contribution in [0.4, 0.5) is 16.2 Å². The van der Waals surface area contributed by atoms with Crippen molar-refractivity contribution in [2.24, 2.45) is 0 Å². The van der Waals surface area contributed by atoms with Crippen LogP contribution in [0, 0.1) is 11.3 Å². The summed E-state index contributed by atoms with van der Waals surface area (Å²) < 4.78 is 0. The van der Waals surface area contributed by atoms with Crippen LogP contribution in [0.2, 0.25) is 0 Å². The van der Waals surface area contributed by atoms with Crippen molar-refractivity contribution in [3.05, 3.63) is 24.3 Å². The molecule has 0 aliphatic heterocycles. The summed E-state index contributed by atoms with van der Waals surface area (Å²) in [5.74, 6) is 0. The maximum atomic E-state index is 12.0. The fraction of sp³-hybridized carbons (Fsp3) is 0.385. The summed E-state index contributed by atoms with van der Waals surface area (Å²) in [6.45, 7) is 4.26. The number of nitriles is 1. The van der Waals surface area contributed by atoms with E-state index in [1.807, 2.05) is 19.9 Å². The van der Waals surface area contributed by atoms with Gasteiger partial charge in [0.25, 0.3) is 0 Å². The normalized spacial score (nSPS) is 9.89. The number of benzene rings is 1. The Balaban J connectivity index is 2.67. The van der Waals surface area contributed by atoms with E-state index >= 15 is 0 Å². The molecule has 0 aliphatic rings. The van der Waals surface area contributed by atoms with Crippen LogP contribution in [0.25, 0.3) is 0 Å². The number of hydrogen-bond acceptors (Lipinski definition) is 3. The molecular formula is C13H18N4O. The van der Waals surface area contributed by atoms with Gasteiger partial charge in [-0.1, -0.05) is 0 Å². The summed E-state index contributed by atoms with van der Waals surface area (Å²) in [6.07, 6.45) is 0.327. The Bertz CT molecular complexity index is 433. The van der Waals surface area contributed by atoms with Crippen molar-refractivity contribution in [3.8, 4) is 6.07 Å². The second-order valence-electron chi connectivity index (χ2n) is 4.25. The average Bonchev–Trinajstić information content (AvgIpc) is 2.32. The van der Waals surface area contributed by atoms with Crippen molar-refractivity contribution in [1.29, 1.82) is 5.26 Å². The summed E-state index contributed by atoms with van der Waals surface area (Å²) in [6, 6.07) is 8.83. The zero-order valence-electron chi connectivity index (χ0n) is 10.7. The number of nitrogens with one attached hydrogen (secondary N) is 1. The Labute approximate surface area is 107 Å². The maximum Gasteiger partial charge on any atom is 0.322 e. The van der Waals surface area contributed by atoms with Gasteiger partial charge in [0.1, 0.15) is 0 Å². The third-order valence-electron chi connectivity index (χ3n) is 2.51. The molecule has 0 spiro atoms. The summed E-state index contributed by atoms with van der Waals surface area (Å²) in [5, 5.41) is 11.4. The second kappa shape index (κ2) is 6.50. The molecule has 0 heterocycles. The Kier molecular flexibility index (Phi) is 5.00. The van der Waals surface area contributed by atoms with E-state index in [9.17, 15) is 4.79 Å². The number of hydrogen-bond donors (Lipinski definition) is 2. The van der Waals surface area contributed by atoms with Crippen LogP contribution in [-0.2, 0) is 0 Å². The van der Waals surface area contributed by atoms with Gasteiger partial charge in [-0.3, -0.25) is 0 Å². The molecule has 0 radical (unpaired) electrons. The molecule has 0 atom stereocenters. The molecule has 5 nitrogen and oxygen atoms in total. The standard InChI is InChI=1S/C13H18N4O/c1-10(2)17(9-3-8-14)13(18)16-12-6-4-11(15)5-7-12/h4-7,10H,3,9,15H2,1-2H3,(H,16,18). The molecule has 1 aromatic carbocycles. The number of nitrogens with two attached hydrogens (primary N) is 1. The van der Waals surface area contributed by atoms with Crippen molar-refractivity contribution in [2.45, 2.75) is 26.3 Å². The highest BCUT2D eigenvalue weighted by Gasteiger charge is 2.16. The van der Waals surface area contributed by atoms with Crippen molar-refractivity contribution in [3.63, 3.8) is 0 Å². The van der Waals surface area contributed by atoms with E-state index in [1.165, 1.54) is 0 Å². The van der Waals surface area contributed by atoms with Crippen LogP contribution in [0.5, 0.6) is 0 Å². The van der Waals surface area contributed by atoms with Crippen molar-refractivity contribution >= 4 is 17.4 Å².